The van der Waals surface area contributed by atoms with Crippen LogP contribution < -0.4 is 11.1 Å². The number of primary amides is 1. The Kier molecular flexibility index (Phi) is 4.03. The van der Waals surface area contributed by atoms with Crippen molar-refractivity contribution in [1.29, 1.82) is 0 Å². The fourth-order valence-corrected chi connectivity index (χ4v) is 0.388. The standard InChI is InChI=1S/C5H12N2O/c1-2-3-4-7-5(6)8/h2-4H2,1H3,(H3,6,7,8). The first-order valence-electron chi connectivity index (χ1n) is 2.80. The van der Waals surface area contributed by atoms with Crippen LogP contribution in [0.15, 0.2) is 0 Å². The lowest BCUT2D eigenvalue weighted by molar-refractivity contribution is 0.249. The fraction of sp³-hybridized carbons (Fsp3) is 0.800. The quantitative estimate of drug-likeness (QED) is 0.517. The molecule has 0 unspecified atom stereocenters. The molecule has 0 spiro atoms. The van der Waals surface area contributed by atoms with Crippen molar-refractivity contribution in [3.63, 3.8) is 0 Å². The van der Waals surface area contributed by atoms with E-state index in [2.05, 4.69) is 12.2 Å². The molecule has 0 aromatic heterocycles. The highest BCUT2D eigenvalue weighted by atomic mass is 16.2. The minimum Gasteiger partial charge on any atom is -0.352 e. The van der Waals surface area contributed by atoms with Crippen LogP contribution in [0.3, 0.4) is 0 Å². The van der Waals surface area contributed by atoms with Gasteiger partial charge in [-0.25, -0.2) is 4.79 Å². The summed E-state index contributed by atoms with van der Waals surface area (Å²) in [5.41, 5.74) is 4.78. The normalized spacial score (nSPS) is 8.62. The number of hydrogen-bond donors (Lipinski definition) is 2. The van der Waals surface area contributed by atoms with E-state index in [0.717, 1.165) is 12.8 Å². The molecule has 0 fully saturated rings. The number of nitrogens with one attached hydrogen (secondary N) is 1. The Morgan fingerprint density at radius 3 is 2.75 bits per heavy atom. The van der Waals surface area contributed by atoms with E-state index < -0.39 is 6.03 Å². The first kappa shape index (κ1) is 7.27. The van der Waals surface area contributed by atoms with E-state index in [9.17, 15) is 4.79 Å². The molecule has 3 N–H and O–H groups in total. The van der Waals surface area contributed by atoms with Crippen molar-refractivity contribution < 1.29 is 4.79 Å². The predicted octanol–water partition coefficient (Wildman–Crippen LogP) is 0.455. The summed E-state index contributed by atoms with van der Waals surface area (Å²) < 4.78 is 0. The Bertz CT molecular complexity index is 72.8. The van der Waals surface area contributed by atoms with Crippen molar-refractivity contribution in [1.82, 2.24) is 5.32 Å². The summed E-state index contributed by atoms with van der Waals surface area (Å²) in [6.45, 7) is 2.76. The van der Waals surface area contributed by atoms with Gasteiger partial charge in [0.2, 0.25) is 0 Å². The smallest absolute Gasteiger partial charge is 0.312 e. The maximum Gasteiger partial charge on any atom is 0.312 e. The molecule has 0 aromatic rings. The summed E-state index contributed by atoms with van der Waals surface area (Å²) >= 11 is 0. The van der Waals surface area contributed by atoms with Gasteiger partial charge < -0.3 is 11.1 Å². The third kappa shape index (κ3) is 5.27. The van der Waals surface area contributed by atoms with Gasteiger partial charge in [0, 0.05) is 6.54 Å². The van der Waals surface area contributed by atoms with Crippen molar-refractivity contribution in [3.8, 4) is 0 Å². The van der Waals surface area contributed by atoms with Crippen LogP contribution in [0.4, 0.5) is 4.79 Å². The first-order chi connectivity index (χ1) is 3.77. The summed E-state index contributed by atoms with van der Waals surface area (Å²) in [6.07, 6.45) is 2.09. The van der Waals surface area contributed by atoms with Crippen LogP contribution in [0.2, 0.25) is 0 Å². The van der Waals surface area contributed by atoms with Crippen molar-refractivity contribution >= 4 is 6.03 Å². The molecule has 3 nitrogen and oxygen atoms in total. The van der Waals surface area contributed by atoms with Gasteiger partial charge in [-0.1, -0.05) is 13.3 Å². The number of rotatable bonds is 3. The lowest BCUT2D eigenvalue weighted by Gasteiger charge is -1.96. The summed E-state index contributed by atoms with van der Waals surface area (Å²) in [6, 6.07) is -0.432. The molecule has 0 heterocycles. The van der Waals surface area contributed by atoms with E-state index in [-0.39, 0.29) is 0 Å². The fourth-order valence-electron chi connectivity index (χ4n) is 0.388. The molecule has 0 radical (unpaired) electrons. The molecule has 0 rings (SSSR count). The topological polar surface area (TPSA) is 55.1 Å². The number of urea groups is 1. The van der Waals surface area contributed by atoms with Gasteiger partial charge in [-0.15, -0.1) is 0 Å². The van der Waals surface area contributed by atoms with Crippen molar-refractivity contribution in [2.45, 2.75) is 19.8 Å². The molecule has 0 saturated carbocycles. The monoisotopic (exact) mass is 116 g/mol. The first-order valence-corrected chi connectivity index (χ1v) is 2.80. The highest BCUT2D eigenvalue weighted by molar-refractivity contribution is 5.71. The minimum atomic E-state index is -0.432. The highest BCUT2D eigenvalue weighted by Gasteiger charge is 1.86. The molecule has 0 bridgehead atoms. The van der Waals surface area contributed by atoms with Gasteiger partial charge in [0.15, 0.2) is 0 Å². The van der Waals surface area contributed by atoms with E-state index in [1.807, 2.05) is 0 Å². The van der Waals surface area contributed by atoms with Crippen LogP contribution in [0, 0.1) is 0 Å². The molecule has 0 atom stereocenters. The van der Waals surface area contributed by atoms with E-state index in [1.165, 1.54) is 0 Å². The summed E-state index contributed by atoms with van der Waals surface area (Å²) in [7, 11) is 0. The zero-order valence-corrected chi connectivity index (χ0v) is 5.11. The van der Waals surface area contributed by atoms with Crippen LogP contribution in [0.1, 0.15) is 19.8 Å². The summed E-state index contributed by atoms with van der Waals surface area (Å²) in [5.74, 6) is 0. The molecule has 48 valence electrons. The van der Waals surface area contributed by atoms with Crippen molar-refractivity contribution in [3.05, 3.63) is 0 Å². The molecular weight excluding hydrogens is 104 g/mol. The number of carbonyl (C=O) groups excluding carboxylic acids is 1. The Morgan fingerprint density at radius 1 is 1.75 bits per heavy atom. The zero-order chi connectivity index (χ0) is 6.41. The van der Waals surface area contributed by atoms with Gasteiger partial charge in [-0.3, -0.25) is 0 Å². The summed E-state index contributed by atoms with van der Waals surface area (Å²) in [4.78, 5) is 9.99. The molecular formula is C5H12N2O. The molecule has 8 heavy (non-hydrogen) atoms. The average molecular weight is 116 g/mol. The second-order valence-corrected chi connectivity index (χ2v) is 1.64. The molecule has 0 aliphatic heterocycles. The maximum absolute atomic E-state index is 9.99. The van der Waals surface area contributed by atoms with Gasteiger partial charge in [0.1, 0.15) is 0 Å². The van der Waals surface area contributed by atoms with Gasteiger partial charge in [-0.05, 0) is 6.42 Å². The largest absolute Gasteiger partial charge is 0.352 e. The highest BCUT2D eigenvalue weighted by Crippen LogP contribution is 1.80. The Balaban J connectivity index is 2.82. The lowest BCUT2D eigenvalue weighted by Crippen LogP contribution is -2.29. The van der Waals surface area contributed by atoms with Crippen LogP contribution >= 0.6 is 0 Å². The van der Waals surface area contributed by atoms with Crippen LogP contribution in [-0.2, 0) is 0 Å². The molecule has 0 aliphatic carbocycles. The van der Waals surface area contributed by atoms with Gasteiger partial charge >= 0.3 is 6.03 Å². The van der Waals surface area contributed by atoms with Crippen LogP contribution in [0.5, 0.6) is 0 Å². The second-order valence-electron chi connectivity index (χ2n) is 1.64. The SMILES string of the molecule is CCCCNC(N)=O. The summed E-state index contributed by atoms with van der Waals surface area (Å²) in [5, 5.41) is 2.49. The van der Waals surface area contributed by atoms with E-state index in [4.69, 9.17) is 5.73 Å². The Labute approximate surface area is 49.3 Å². The maximum atomic E-state index is 9.99. The zero-order valence-electron chi connectivity index (χ0n) is 5.11. The molecule has 0 aromatic carbocycles. The number of amides is 2. The number of nitrogens with two attached hydrogens (primary N) is 1. The predicted molar refractivity (Wildman–Crippen MR) is 32.5 cm³/mol. The van der Waals surface area contributed by atoms with Crippen molar-refractivity contribution in [2.24, 2.45) is 5.73 Å². The third-order valence-corrected chi connectivity index (χ3v) is 0.830. The van der Waals surface area contributed by atoms with Crippen LogP contribution in [-0.4, -0.2) is 12.6 Å². The number of unbranched alkanes of at least 4 members (excludes halogenated alkanes) is 1. The molecule has 3 heteroatoms. The molecule has 0 aliphatic rings. The minimum absolute atomic E-state index is 0.432. The molecule has 2 amide bonds. The molecule has 0 saturated heterocycles. The average Bonchev–Trinajstić information content (AvgIpc) is 1.66. The lowest BCUT2D eigenvalue weighted by atomic mass is 10.3. The second kappa shape index (κ2) is 4.43. The van der Waals surface area contributed by atoms with E-state index in [1.54, 1.807) is 0 Å². The third-order valence-electron chi connectivity index (χ3n) is 0.830. The van der Waals surface area contributed by atoms with E-state index in [0.29, 0.717) is 6.54 Å². The number of hydrogen-bond acceptors (Lipinski definition) is 1. The Hall–Kier alpha value is -0.730. The Morgan fingerprint density at radius 2 is 2.38 bits per heavy atom. The van der Waals surface area contributed by atoms with Crippen molar-refractivity contribution in [2.75, 3.05) is 6.54 Å². The van der Waals surface area contributed by atoms with E-state index >= 15 is 0 Å². The van der Waals surface area contributed by atoms with Gasteiger partial charge in [0.25, 0.3) is 0 Å². The van der Waals surface area contributed by atoms with Gasteiger partial charge in [0.05, 0.1) is 0 Å². The van der Waals surface area contributed by atoms with Crippen LogP contribution in [0.25, 0.3) is 0 Å². The number of carbonyl (C=O) groups is 1. The van der Waals surface area contributed by atoms with Gasteiger partial charge in [-0.2, -0.15) is 0 Å².